The van der Waals surface area contributed by atoms with Crippen LogP contribution < -0.4 is 10.1 Å². The van der Waals surface area contributed by atoms with Crippen molar-refractivity contribution in [1.82, 2.24) is 5.32 Å². The van der Waals surface area contributed by atoms with Gasteiger partial charge in [-0.3, -0.25) is 4.79 Å². The molecule has 0 spiro atoms. The minimum Gasteiger partial charge on any atom is -0.496 e. The summed E-state index contributed by atoms with van der Waals surface area (Å²) >= 11 is 0. The highest BCUT2D eigenvalue weighted by Crippen LogP contribution is 2.48. The Labute approximate surface area is 148 Å². The molecule has 2 aromatic carbocycles. The van der Waals surface area contributed by atoms with Crippen molar-refractivity contribution >= 4 is 11.9 Å². The number of aromatic carboxylic acids is 1. The number of carbonyl (C=O) groups excluding carboxylic acids is 1. The number of halogens is 2. The molecule has 0 heterocycles. The zero-order valence-corrected chi connectivity index (χ0v) is 14.0. The predicted molar refractivity (Wildman–Crippen MR) is 89.0 cm³/mol. The molecule has 1 aliphatic rings. The van der Waals surface area contributed by atoms with Gasteiger partial charge in [0.2, 0.25) is 5.91 Å². The first-order chi connectivity index (χ1) is 12.4. The van der Waals surface area contributed by atoms with Crippen molar-refractivity contribution in [2.24, 2.45) is 5.92 Å². The van der Waals surface area contributed by atoms with Crippen molar-refractivity contribution in [2.45, 2.75) is 18.9 Å². The van der Waals surface area contributed by atoms with Crippen LogP contribution >= 0.6 is 0 Å². The molecule has 7 heteroatoms. The highest BCUT2D eigenvalue weighted by molar-refractivity contribution is 5.91. The smallest absolute Gasteiger partial charge is 0.339 e. The molecule has 2 atom stereocenters. The van der Waals surface area contributed by atoms with E-state index in [1.807, 2.05) is 0 Å². The highest BCUT2D eigenvalue weighted by atomic mass is 19.1. The molecular formula is C19H17F2NO4. The largest absolute Gasteiger partial charge is 0.496 e. The average molecular weight is 361 g/mol. The lowest BCUT2D eigenvalue weighted by Crippen LogP contribution is -2.25. The van der Waals surface area contributed by atoms with Crippen molar-refractivity contribution in [3.05, 3.63) is 64.7 Å². The Kier molecular flexibility index (Phi) is 4.88. The zero-order chi connectivity index (χ0) is 18.8. The first kappa shape index (κ1) is 17.8. The minimum absolute atomic E-state index is 0.00498. The molecule has 0 aliphatic heterocycles. The van der Waals surface area contributed by atoms with E-state index < -0.39 is 23.5 Å². The van der Waals surface area contributed by atoms with Gasteiger partial charge in [0, 0.05) is 12.5 Å². The fourth-order valence-corrected chi connectivity index (χ4v) is 2.98. The van der Waals surface area contributed by atoms with Crippen LogP contribution in [-0.2, 0) is 11.3 Å². The van der Waals surface area contributed by atoms with Gasteiger partial charge in [-0.1, -0.05) is 6.07 Å². The van der Waals surface area contributed by atoms with Crippen molar-refractivity contribution in [3.8, 4) is 5.75 Å². The second-order valence-electron chi connectivity index (χ2n) is 6.17. The van der Waals surface area contributed by atoms with Gasteiger partial charge in [0.25, 0.3) is 0 Å². The quantitative estimate of drug-likeness (QED) is 0.829. The molecule has 2 aromatic rings. The summed E-state index contributed by atoms with van der Waals surface area (Å²) in [6, 6.07) is 7.83. The average Bonchev–Trinajstić information content (AvgIpc) is 3.42. The third-order valence-corrected chi connectivity index (χ3v) is 4.45. The molecule has 0 unspecified atom stereocenters. The van der Waals surface area contributed by atoms with Gasteiger partial charge in [-0.25, -0.2) is 13.6 Å². The summed E-state index contributed by atoms with van der Waals surface area (Å²) < 4.78 is 32.0. The second kappa shape index (κ2) is 7.11. The summed E-state index contributed by atoms with van der Waals surface area (Å²) in [5.74, 6) is -2.97. The number of carboxylic acid groups (broad SMARTS) is 1. The number of methoxy groups -OCH3 is 1. The fourth-order valence-electron chi connectivity index (χ4n) is 2.98. The number of hydrogen-bond acceptors (Lipinski definition) is 3. The second-order valence-corrected chi connectivity index (χ2v) is 6.17. The molecule has 3 rings (SSSR count). The summed E-state index contributed by atoms with van der Waals surface area (Å²) in [5.41, 5.74) is 0.818. The molecular weight excluding hydrogens is 344 g/mol. The molecule has 2 N–H and O–H groups in total. The highest BCUT2D eigenvalue weighted by Gasteiger charge is 2.45. The van der Waals surface area contributed by atoms with Gasteiger partial charge in [-0.05, 0) is 53.8 Å². The summed E-state index contributed by atoms with van der Waals surface area (Å²) in [6.45, 7) is 0.137. The number of amides is 1. The Morgan fingerprint density at radius 2 is 2.00 bits per heavy atom. The van der Waals surface area contributed by atoms with Gasteiger partial charge in [0.1, 0.15) is 22.9 Å². The summed E-state index contributed by atoms with van der Waals surface area (Å²) in [4.78, 5) is 23.4. The SMILES string of the molecule is COc1ccc(CNC(=O)[C@H]2C[C@H]2c2cc(F)ccc2F)cc1C(=O)O. The van der Waals surface area contributed by atoms with E-state index in [0.29, 0.717) is 12.0 Å². The molecule has 0 radical (unpaired) electrons. The number of hydrogen-bond donors (Lipinski definition) is 2. The van der Waals surface area contributed by atoms with Crippen LogP contribution in [0.15, 0.2) is 36.4 Å². The van der Waals surface area contributed by atoms with E-state index in [-0.39, 0.29) is 35.2 Å². The maximum absolute atomic E-state index is 13.8. The van der Waals surface area contributed by atoms with Crippen molar-refractivity contribution in [1.29, 1.82) is 0 Å². The number of ether oxygens (including phenoxy) is 1. The van der Waals surface area contributed by atoms with Crippen molar-refractivity contribution < 1.29 is 28.2 Å². The first-order valence-electron chi connectivity index (χ1n) is 8.03. The Morgan fingerprint density at radius 3 is 2.69 bits per heavy atom. The van der Waals surface area contributed by atoms with Gasteiger partial charge < -0.3 is 15.2 Å². The molecule has 0 saturated heterocycles. The summed E-state index contributed by atoms with van der Waals surface area (Å²) in [6.07, 6.45) is 0.454. The van der Waals surface area contributed by atoms with Gasteiger partial charge >= 0.3 is 5.97 Å². The van der Waals surface area contributed by atoms with Crippen LogP contribution in [0, 0.1) is 17.6 Å². The molecule has 1 aliphatic carbocycles. The third kappa shape index (κ3) is 3.66. The number of carbonyl (C=O) groups is 2. The molecule has 1 fully saturated rings. The molecule has 1 saturated carbocycles. The topological polar surface area (TPSA) is 75.6 Å². The molecule has 26 heavy (non-hydrogen) atoms. The maximum atomic E-state index is 13.8. The molecule has 136 valence electrons. The maximum Gasteiger partial charge on any atom is 0.339 e. The predicted octanol–water partition coefficient (Wildman–Crippen LogP) is 3.09. The molecule has 0 bridgehead atoms. The molecule has 5 nitrogen and oxygen atoms in total. The lowest BCUT2D eigenvalue weighted by molar-refractivity contribution is -0.122. The van der Waals surface area contributed by atoms with Gasteiger partial charge in [-0.2, -0.15) is 0 Å². The zero-order valence-electron chi connectivity index (χ0n) is 14.0. The van der Waals surface area contributed by atoms with Crippen LogP contribution in [0.5, 0.6) is 5.75 Å². The lowest BCUT2D eigenvalue weighted by atomic mass is 10.1. The first-order valence-corrected chi connectivity index (χ1v) is 8.03. The molecule has 1 amide bonds. The van der Waals surface area contributed by atoms with Gasteiger partial charge in [0.15, 0.2) is 0 Å². The van der Waals surface area contributed by atoms with E-state index >= 15 is 0 Å². The van der Waals surface area contributed by atoms with Crippen molar-refractivity contribution in [3.63, 3.8) is 0 Å². The Balaban J connectivity index is 1.63. The lowest BCUT2D eigenvalue weighted by Gasteiger charge is -2.09. The summed E-state index contributed by atoms with van der Waals surface area (Å²) in [5, 5.41) is 11.9. The molecule has 0 aromatic heterocycles. The van der Waals surface area contributed by atoms with Crippen LogP contribution in [0.25, 0.3) is 0 Å². The van der Waals surface area contributed by atoms with E-state index in [4.69, 9.17) is 4.74 Å². The Morgan fingerprint density at radius 1 is 1.23 bits per heavy atom. The fraction of sp³-hybridized carbons (Fsp3) is 0.263. The van der Waals surface area contributed by atoms with Crippen LogP contribution in [-0.4, -0.2) is 24.1 Å². The van der Waals surface area contributed by atoms with E-state index in [1.165, 1.54) is 19.2 Å². The van der Waals surface area contributed by atoms with Crippen LogP contribution in [0.3, 0.4) is 0 Å². The van der Waals surface area contributed by atoms with Crippen LogP contribution in [0.2, 0.25) is 0 Å². The number of carboxylic acids is 1. The standard InChI is InChI=1S/C19H17F2NO4/c1-26-17-5-2-10(6-15(17)19(24)25)9-22-18(23)14-8-12(14)13-7-11(20)3-4-16(13)21/h2-7,12,14H,8-9H2,1H3,(H,22,23)(H,24,25)/t12-,14-/m0/s1. The van der Waals surface area contributed by atoms with Gasteiger partial charge in [0.05, 0.1) is 7.11 Å². The number of benzene rings is 2. The Bertz CT molecular complexity index is 869. The Hall–Kier alpha value is -2.96. The summed E-state index contributed by atoms with van der Waals surface area (Å²) in [7, 11) is 1.38. The van der Waals surface area contributed by atoms with E-state index in [2.05, 4.69) is 5.32 Å². The third-order valence-electron chi connectivity index (χ3n) is 4.45. The van der Waals surface area contributed by atoms with E-state index in [0.717, 1.165) is 18.2 Å². The monoisotopic (exact) mass is 361 g/mol. The number of rotatable bonds is 6. The van der Waals surface area contributed by atoms with Crippen molar-refractivity contribution in [2.75, 3.05) is 7.11 Å². The number of nitrogens with one attached hydrogen (secondary N) is 1. The van der Waals surface area contributed by atoms with Crippen LogP contribution in [0.4, 0.5) is 8.78 Å². The van der Waals surface area contributed by atoms with E-state index in [9.17, 15) is 23.5 Å². The van der Waals surface area contributed by atoms with Crippen LogP contribution in [0.1, 0.15) is 33.8 Å². The normalized spacial score (nSPS) is 18.3. The van der Waals surface area contributed by atoms with Gasteiger partial charge in [-0.15, -0.1) is 0 Å². The van der Waals surface area contributed by atoms with E-state index in [1.54, 1.807) is 6.07 Å². The minimum atomic E-state index is -1.13.